The Morgan fingerprint density at radius 1 is 1.23 bits per heavy atom. The summed E-state index contributed by atoms with van der Waals surface area (Å²) in [4.78, 5) is 11.8. The number of nitrogens with one attached hydrogen (secondary N) is 1. The average Bonchev–Trinajstić information content (AvgIpc) is 3.25. The van der Waals surface area contributed by atoms with Crippen LogP contribution in [-0.4, -0.2) is 23.7 Å². The van der Waals surface area contributed by atoms with Gasteiger partial charge >= 0.3 is 0 Å². The molecule has 0 saturated heterocycles. The Hall–Kier alpha value is -1.87. The molecule has 0 unspecified atom stereocenters. The minimum absolute atomic E-state index is 0.199. The maximum atomic E-state index is 11.8. The molecule has 4 atom stereocenters. The van der Waals surface area contributed by atoms with Crippen LogP contribution in [0.5, 0.6) is 0 Å². The van der Waals surface area contributed by atoms with E-state index in [0.717, 1.165) is 64.3 Å². The molecule has 1 aromatic carbocycles. The van der Waals surface area contributed by atoms with Crippen LogP contribution in [0, 0.1) is 24.7 Å². The van der Waals surface area contributed by atoms with Gasteiger partial charge in [0.2, 0.25) is 5.91 Å². The van der Waals surface area contributed by atoms with Crippen molar-refractivity contribution in [3.05, 3.63) is 59.2 Å². The third kappa shape index (κ3) is 7.35. The molecule has 31 heavy (non-hydrogen) atoms. The lowest BCUT2D eigenvalue weighted by Crippen LogP contribution is -2.23. The second-order valence-corrected chi connectivity index (χ2v) is 9.60. The van der Waals surface area contributed by atoms with Gasteiger partial charge in [-0.3, -0.25) is 4.79 Å². The summed E-state index contributed by atoms with van der Waals surface area (Å²) < 4.78 is 0. The van der Waals surface area contributed by atoms with Gasteiger partial charge in [0.15, 0.2) is 0 Å². The summed E-state index contributed by atoms with van der Waals surface area (Å²) in [6, 6.07) is 8.73. The van der Waals surface area contributed by atoms with E-state index >= 15 is 0 Å². The Balaban J connectivity index is 1.37. The van der Waals surface area contributed by atoms with Gasteiger partial charge in [0.25, 0.3) is 0 Å². The van der Waals surface area contributed by atoms with Crippen LogP contribution in [0.4, 0.5) is 0 Å². The average molecular weight is 424 g/mol. The van der Waals surface area contributed by atoms with Crippen LogP contribution in [0.25, 0.3) is 0 Å². The molecule has 170 valence electrons. The predicted molar refractivity (Wildman–Crippen MR) is 129 cm³/mol. The molecule has 3 rings (SSSR count). The molecule has 0 bridgehead atoms. The monoisotopic (exact) mass is 423 g/mol. The standard InChI is InChI=1S/C28H41NO2/c1-3-4-16-29-28(31)15-8-6-12-23-18-24-20-27(30)25(26(24)19-23)14-7-5-11-22-13-9-10-21(2)17-22/h7,9-10,13-14,17-18,24-27,30H,3-6,8,11-12,15-16,19-20H2,1-2H3,(H,29,31)/b14-7+/t24-,25+,26-,27+/m0/s1. The fourth-order valence-electron chi connectivity index (χ4n) is 5.29. The van der Waals surface area contributed by atoms with Gasteiger partial charge in [0.05, 0.1) is 6.10 Å². The number of aliphatic hydroxyl groups is 1. The summed E-state index contributed by atoms with van der Waals surface area (Å²) in [6.45, 7) is 5.09. The molecule has 0 aliphatic heterocycles. The minimum atomic E-state index is -0.199. The first-order valence-electron chi connectivity index (χ1n) is 12.4. The van der Waals surface area contributed by atoms with Gasteiger partial charge in [-0.1, -0.05) is 67.0 Å². The number of fused-ring (bicyclic) bond motifs is 1. The Labute approximate surface area is 189 Å². The topological polar surface area (TPSA) is 49.3 Å². The number of unbranched alkanes of at least 4 members (excludes halogenated alkanes) is 2. The zero-order chi connectivity index (χ0) is 22.1. The van der Waals surface area contributed by atoms with Crippen LogP contribution in [0.3, 0.4) is 0 Å². The first kappa shape index (κ1) is 23.8. The molecule has 3 heteroatoms. The van der Waals surface area contributed by atoms with Crippen molar-refractivity contribution in [3.8, 4) is 0 Å². The van der Waals surface area contributed by atoms with Crippen LogP contribution < -0.4 is 5.32 Å². The van der Waals surface area contributed by atoms with Crippen LogP contribution in [0.15, 0.2) is 48.1 Å². The molecule has 1 aromatic rings. The molecule has 1 amide bonds. The zero-order valence-corrected chi connectivity index (χ0v) is 19.5. The summed E-state index contributed by atoms with van der Waals surface area (Å²) in [7, 11) is 0. The highest BCUT2D eigenvalue weighted by molar-refractivity contribution is 5.75. The van der Waals surface area contributed by atoms with Crippen molar-refractivity contribution in [2.75, 3.05) is 6.54 Å². The number of benzene rings is 1. The minimum Gasteiger partial charge on any atom is -0.392 e. The number of hydrogen-bond donors (Lipinski definition) is 2. The van der Waals surface area contributed by atoms with Gasteiger partial charge < -0.3 is 10.4 Å². The van der Waals surface area contributed by atoms with E-state index in [9.17, 15) is 9.90 Å². The molecular formula is C28H41NO2. The van der Waals surface area contributed by atoms with Gasteiger partial charge in [-0.2, -0.15) is 0 Å². The lowest BCUT2D eigenvalue weighted by atomic mass is 9.88. The highest BCUT2D eigenvalue weighted by Crippen LogP contribution is 2.48. The number of amides is 1. The Kier molecular flexibility index (Phi) is 9.39. The van der Waals surface area contributed by atoms with Crippen molar-refractivity contribution in [3.63, 3.8) is 0 Å². The predicted octanol–water partition coefficient (Wildman–Crippen LogP) is 5.90. The van der Waals surface area contributed by atoms with Crippen molar-refractivity contribution >= 4 is 5.91 Å². The summed E-state index contributed by atoms with van der Waals surface area (Å²) in [5.74, 6) is 1.59. The molecule has 0 aromatic heterocycles. The SMILES string of the molecule is CCCCNC(=O)CCCCC1=C[C@H]2C[C@@H](O)[C@H](/C=C/CCc3cccc(C)c3)[C@H]2C1. The van der Waals surface area contributed by atoms with E-state index in [2.05, 4.69) is 61.7 Å². The Bertz CT molecular complexity index is 766. The van der Waals surface area contributed by atoms with Crippen molar-refractivity contribution in [1.82, 2.24) is 5.32 Å². The molecule has 0 spiro atoms. The molecule has 3 nitrogen and oxygen atoms in total. The molecular weight excluding hydrogens is 382 g/mol. The third-order valence-corrected chi connectivity index (χ3v) is 6.99. The number of aliphatic hydroxyl groups excluding tert-OH is 1. The summed E-state index contributed by atoms with van der Waals surface area (Å²) in [5, 5.41) is 13.6. The fraction of sp³-hybridized carbons (Fsp3) is 0.607. The smallest absolute Gasteiger partial charge is 0.219 e. The van der Waals surface area contributed by atoms with Crippen molar-refractivity contribution in [2.24, 2.45) is 17.8 Å². The van der Waals surface area contributed by atoms with E-state index in [1.54, 1.807) is 5.57 Å². The van der Waals surface area contributed by atoms with Gasteiger partial charge in [0.1, 0.15) is 0 Å². The van der Waals surface area contributed by atoms with Crippen molar-refractivity contribution < 1.29 is 9.90 Å². The molecule has 1 saturated carbocycles. The highest BCUT2D eigenvalue weighted by atomic mass is 16.3. The summed E-state index contributed by atoms with van der Waals surface area (Å²) in [6.07, 6.45) is 16.9. The second kappa shape index (κ2) is 12.2. The maximum absolute atomic E-state index is 11.8. The Morgan fingerprint density at radius 2 is 2.10 bits per heavy atom. The second-order valence-electron chi connectivity index (χ2n) is 9.60. The highest BCUT2D eigenvalue weighted by Gasteiger charge is 2.43. The molecule has 2 aliphatic carbocycles. The summed E-state index contributed by atoms with van der Waals surface area (Å²) in [5.41, 5.74) is 4.25. The first-order chi connectivity index (χ1) is 15.1. The van der Waals surface area contributed by atoms with Gasteiger partial charge in [-0.15, -0.1) is 0 Å². The van der Waals surface area contributed by atoms with Crippen LogP contribution in [-0.2, 0) is 11.2 Å². The number of carbonyl (C=O) groups is 1. The van der Waals surface area contributed by atoms with Crippen molar-refractivity contribution in [1.29, 1.82) is 0 Å². The van der Waals surface area contributed by atoms with Gasteiger partial charge in [-0.05, 0) is 75.7 Å². The molecule has 0 radical (unpaired) electrons. The van der Waals surface area contributed by atoms with Crippen LogP contribution >= 0.6 is 0 Å². The quantitative estimate of drug-likeness (QED) is 0.325. The third-order valence-electron chi connectivity index (χ3n) is 6.99. The normalized spacial score (nSPS) is 25.1. The lowest BCUT2D eigenvalue weighted by molar-refractivity contribution is -0.121. The number of carbonyl (C=O) groups excluding carboxylic acids is 1. The maximum Gasteiger partial charge on any atom is 0.219 e. The summed E-state index contributed by atoms with van der Waals surface area (Å²) >= 11 is 0. The zero-order valence-electron chi connectivity index (χ0n) is 19.5. The van der Waals surface area contributed by atoms with E-state index in [1.807, 2.05) is 0 Å². The van der Waals surface area contributed by atoms with Crippen LogP contribution in [0.2, 0.25) is 0 Å². The Morgan fingerprint density at radius 3 is 2.90 bits per heavy atom. The van der Waals surface area contributed by atoms with Gasteiger partial charge in [-0.25, -0.2) is 0 Å². The first-order valence-corrected chi connectivity index (χ1v) is 12.4. The van der Waals surface area contributed by atoms with E-state index in [4.69, 9.17) is 0 Å². The van der Waals surface area contributed by atoms with Gasteiger partial charge in [0, 0.05) is 18.9 Å². The number of allylic oxidation sites excluding steroid dienone is 3. The molecule has 1 fully saturated rings. The number of rotatable bonds is 12. The number of hydrogen-bond acceptors (Lipinski definition) is 2. The van der Waals surface area contributed by atoms with E-state index < -0.39 is 0 Å². The lowest BCUT2D eigenvalue weighted by Gasteiger charge is -2.18. The molecule has 2 aliphatic rings. The molecule has 2 N–H and O–H groups in total. The number of aryl methyl sites for hydroxylation is 2. The van der Waals surface area contributed by atoms with E-state index in [0.29, 0.717) is 24.2 Å². The van der Waals surface area contributed by atoms with E-state index in [-0.39, 0.29) is 12.0 Å². The largest absolute Gasteiger partial charge is 0.392 e. The van der Waals surface area contributed by atoms with E-state index in [1.165, 1.54) is 11.1 Å². The fourth-order valence-corrected chi connectivity index (χ4v) is 5.29. The van der Waals surface area contributed by atoms with Crippen molar-refractivity contribution in [2.45, 2.75) is 84.2 Å². The molecule has 0 heterocycles. The van der Waals surface area contributed by atoms with Crippen LogP contribution in [0.1, 0.15) is 75.8 Å².